The first-order chi connectivity index (χ1) is 12.8. The van der Waals surface area contributed by atoms with Gasteiger partial charge in [0.05, 0.1) is 4.90 Å². The quantitative estimate of drug-likeness (QED) is 0.710. The molecule has 0 fully saturated rings. The Morgan fingerprint density at radius 1 is 1.07 bits per heavy atom. The monoisotopic (exact) mass is 408 g/mol. The maximum atomic E-state index is 12.5. The summed E-state index contributed by atoms with van der Waals surface area (Å²) in [5.41, 5.74) is 2.44. The number of nitrogens with one attached hydrogen (secondary N) is 1. The number of rotatable bonds is 8. The minimum Gasteiger partial charge on any atom is -0.326 e. The molecule has 146 valence electrons. The normalized spacial score (nSPS) is 11.6. The number of aryl methyl sites for hydroxylation is 1. The molecule has 0 heterocycles. The lowest BCUT2D eigenvalue weighted by atomic mass is 10.1. The molecule has 0 bridgehead atoms. The average molecular weight is 409 g/mol. The molecule has 1 N–H and O–H groups in total. The predicted molar refractivity (Wildman–Crippen MR) is 110 cm³/mol. The first-order valence-electron chi connectivity index (χ1n) is 8.93. The zero-order valence-corrected chi connectivity index (χ0v) is 17.4. The third-order valence-electron chi connectivity index (χ3n) is 4.45. The van der Waals surface area contributed by atoms with Gasteiger partial charge in [-0.1, -0.05) is 43.6 Å². The van der Waals surface area contributed by atoms with Gasteiger partial charge in [-0.3, -0.25) is 4.79 Å². The van der Waals surface area contributed by atoms with E-state index in [-0.39, 0.29) is 10.8 Å². The van der Waals surface area contributed by atoms with E-state index in [2.05, 4.69) is 5.32 Å². The van der Waals surface area contributed by atoms with Crippen LogP contribution in [0.3, 0.4) is 0 Å². The van der Waals surface area contributed by atoms with Crippen LogP contribution in [0.5, 0.6) is 0 Å². The Morgan fingerprint density at radius 2 is 1.70 bits per heavy atom. The van der Waals surface area contributed by atoms with Gasteiger partial charge in [0.1, 0.15) is 0 Å². The summed E-state index contributed by atoms with van der Waals surface area (Å²) in [6.45, 7) is 6.35. The number of anilines is 1. The molecule has 0 aliphatic carbocycles. The van der Waals surface area contributed by atoms with Crippen LogP contribution in [-0.2, 0) is 21.2 Å². The van der Waals surface area contributed by atoms with E-state index in [1.165, 1.54) is 4.31 Å². The van der Waals surface area contributed by atoms with Crippen molar-refractivity contribution >= 4 is 33.2 Å². The van der Waals surface area contributed by atoms with Gasteiger partial charge < -0.3 is 5.32 Å². The average Bonchev–Trinajstić information content (AvgIpc) is 2.65. The molecule has 0 spiro atoms. The number of nitrogens with zero attached hydrogens (tertiary/aromatic N) is 1. The smallest absolute Gasteiger partial charge is 0.243 e. The Hall–Kier alpha value is -1.89. The van der Waals surface area contributed by atoms with Crippen LogP contribution in [0.2, 0.25) is 5.02 Å². The van der Waals surface area contributed by atoms with E-state index >= 15 is 0 Å². The van der Waals surface area contributed by atoms with E-state index in [9.17, 15) is 13.2 Å². The minimum absolute atomic E-state index is 0.111. The van der Waals surface area contributed by atoms with Crippen molar-refractivity contribution in [3.8, 4) is 0 Å². The largest absolute Gasteiger partial charge is 0.326 e. The first-order valence-corrected chi connectivity index (χ1v) is 10.8. The Morgan fingerprint density at radius 3 is 2.30 bits per heavy atom. The highest BCUT2D eigenvalue weighted by molar-refractivity contribution is 7.89. The topological polar surface area (TPSA) is 66.5 Å². The molecular formula is C20H25ClN2O3S. The van der Waals surface area contributed by atoms with Crippen LogP contribution in [0.4, 0.5) is 5.69 Å². The van der Waals surface area contributed by atoms with Crippen molar-refractivity contribution in [1.29, 1.82) is 0 Å². The molecule has 27 heavy (non-hydrogen) atoms. The Balaban J connectivity index is 1.99. The van der Waals surface area contributed by atoms with Gasteiger partial charge in [-0.25, -0.2) is 8.42 Å². The fraction of sp³-hybridized carbons (Fsp3) is 0.350. The standard InChI is InChI=1S/C20H25ClN2O3S/c1-4-23(5-2)27(25,26)17-12-9-16(10-13-17)11-14-20(24)22-19-8-6-7-18(21)15(19)3/h6-10,12-13H,4-5,11,14H2,1-3H3,(H,22,24). The SMILES string of the molecule is CCN(CC)S(=O)(=O)c1ccc(CCC(=O)Nc2cccc(Cl)c2C)cc1. The summed E-state index contributed by atoms with van der Waals surface area (Å²) in [5, 5.41) is 3.47. The summed E-state index contributed by atoms with van der Waals surface area (Å²) in [5.74, 6) is -0.111. The zero-order valence-electron chi connectivity index (χ0n) is 15.8. The van der Waals surface area contributed by atoms with Crippen molar-refractivity contribution < 1.29 is 13.2 Å². The second-order valence-electron chi connectivity index (χ2n) is 6.19. The van der Waals surface area contributed by atoms with Crippen molar-refractivity contribution in [1.82, 2.24) is 4.31 Å². The Kier molecular flexibility index (Phi) is 7.41. The maximum Gasteiger partial charge on any atom is 0.243 e. The number of halogens is 1. The number of benzene rings is 2. The molecule has 0 aromatic heterocycles. The molecule has 0 saturated heterocycles. The Bertz CT molecular complexity index is 892. The summed E-state index contributed by atoms with van der Waals surface area (Å²) < 4.78 is 26.4. The van der Waals surface area contributed by atoms with Crippen LogP contribution in [0.25, 0.3) is 0 Å². The van der Waals surface area contributed by atoms with Gasteiger partial charge in [0.2, 0.25) is 15.9 Å². The highest BCUT2D eigenvalue weighted by Crippen LogP contribution is 2.23. The highest BCUT2D eigenvalue weighted by Gasteiger charge is 2.21. The second kappa shape index (κ2) is 9.35. The molecule has 0 radical (unpaired) electrons. The van der Waals surface area contributed by atoms with Gasteiger partial charge >= 0.3 is 0 Å². The van der Waals surface area contributed by atoms with E-state index in [1.807, 2.05) is 26.8 Å². The zero-order chi connectivity index (χ0) is 20.0. The summed E-state index contributed by atoms with van der Waals surface area (Å²) in [4.78, 5) is 12.5. The van der Waals surface area contributed by atoms with Gasteiger partial charge in [0, 0.05) is 30.2 Å². The summed E-state index contributed by atoms with van der Waals surface area (Å²) >= 11 is 6.06. The minimum atomic E-state index is -3.46. The lowest BCUT2D eigenvalue weighted by molar-refractivity contribution is -0.116. The molecule has 0 aliphatic rings. The van der Waals surface area contributed by atoms with E-state index in [1.54, 1.807) is 36.4 Å². The van der Waals surface area contributed by atoms with Crippen LogP contribution in [-0.4, -0.2) is 31.7 Å². The summed E-state index contributed by atoms with van der Waals surface area (Å²) in [6.07, 6.45) is 0.825. The molecule has 0 unspecified atom stereocenters. The second-order valence-corrected chi connectivity index (χ2v) is 8.54. The lowest BCUT2D eigenvalue weighted by Crippen LogP contribution is -2.30. The number of amides is 1. The molecule has 1 amide bonds. The third kappa shape index (κ3) is 5.31. The molecule has 0 aliphatic heterocycles. The highest BCUT2D eigenvalue weighted by atomic mass is 35.5. The van der Waals surface area contributed by atoms with Gasteiger partial charge in [-0.15, -0.1) is 0 Å². The van der Waals surface area contributed by atoms with Crippen LogP contribution in [0.15, 0.2) is 47.4 Å². The van der Waals surface area contributed by atoms with Crippen molar-refractivity contribution in [3.63, 3.8) is 0 Å². The van der Waals surface area contributed by atoms with E-state index in [0.29, 0.717) is 36.6 Å². The number of sulfonamides is 1. The fourth-order valence-electron chi connectivity index (χ4n) is 2.75. The molecule has 0 saturated carbocycles. The van der Waals surface area contributed by atoms with Gasteiger partial charge in [0.25, 0.3) is 0 Å². The van der Waals surface area contributed by atoms with Gasteiger partial charge in [-0.05, 0) is 48.7 Å². The molecule has 2 aromatic rings. The molecule has 0 atom stereocenters. The van der Waals surface area contributed by atoms with Crippen molar-refractivity contribution in [2.75, 3.05) is 18.4 Å². The van der Waals surface area contributed by atoms with Crippen LogP contribution in [0.1, 0.15) is 31.4 Å². The van der Waals surface area contributed by atoms with Crippen molar-refractivity contribution in [2.24, 2.45) is 0 Å². The molecule has 2 aromatic carbocycles. The number of carbonyl (C=O) groups is 1. The van der Waals surface area contributed by atoms with Gasteiger partial charge in [-0.2, -0.15) is 4.31 Å². The fourth-order valence-corrected chi connectivity index (χ4v) is 4.39. The predicted octanol–water partition coefficient (Wildman–Crippen LogP) is 4.25. The van der Waals surface area contributed by atoms with Crippen molar-refractivity contribution in [3.05, 3.63) is 58.6 Å². The molecule has 5 nitrogen and oxygen atoms in total. The third-order valence-corrected chi connectivity index (χ3v) is 6.92. The summed E-state index contributed by atoms with van der Waals surface area (Å²) in [6, 6.07) is 12.1. The van der Waals surface area contributed by atoms with Crippen molar-refractivity contribution in [2.45, 2.75) is 38.5 Å². The molecule has 7 heteroatoms. The summed E-state index contributed by atoms with van der Waals surface area (Å²) in [7, 11) is -3.46. The van der Waals surface area contributed by atoms with Crippen LogP contribution in [0, 0.1) is 6.92 Å². The Labute approximate surface area is 166 Å². The molecular weight excluding hydrogens is 384 g/mol. The van der Waals surface area contributed by atoms with E-state index in [4.69, 9.17) is 11.6 Å². The lowest BCUT2D eigenvalue weighted by Gasteiger charge is -2.18. The number of hydrogen-bond donors (Lipinski definition) is 1. The first kappa shape index (κ1) is 21.4. The van der Waals surface area contributed by atoms with Crippen LogP contribution >= 0.6 is 11.6 Å². The maximum absolute atomic E-state index is 12.5. The van der Waals surface area contributed by atoms with Crippen LogP contribution < -0.4 is 5.32 Å². The van der Waals surface area contributed by atoms with E-state index < -0.39 is 10.0 Å². The van der Waals surface area contributed by atoms with E-state index in [0.717, 1.165) is 11.1 Å². The number of carbonyl (C=O) groups excluding carboxylic acids is 1. The number of hydrogen-bond acceptors (Lipinski definition) is 3. The van der Waals surface area contributed by atoms with Gasteiger partial charge in [0.15, 0.2) is 0 Å². The molecule has 2 rings (SSSR count).